The molecule has 7 aromatic carbocycles. The number of hydrogen-bond acceptors (Lipinski definition) is 3. The molecule has 0 unspecified atom stereocenters. The van der Waals surface area contributed by atoms with E-state index in [4.69, 9.17) is 4.42 Å². The number of fused-ring (bicyclic) bond motifs is 10. The molecule has 382 valence electrons. The van der Waals surface area contributed by atoms with E-state index in [1.807, 2.05) is 0 Å². The van der Waals surface area contributed by atoms with Crippen LogP contribution in [0.4, 0.5) is 34.1 Å². The van der Waals surface area contributed by atoms with Gasteiger partial charge in [0, 0.05) is 33.7 Å². The van der Waals surface area contributed by atoms with Crippen molar-refractivity contribution in [2.75, 3.05) is 9.80 Å². The Kier molecular flexibility index (Phi) is 10.1. The zero-order chi connectivity index (χ0) is 52.9. The SMILES string of the molecule is Cc1cc2c3c(c1)N(c1ccc(C(C)(C)C)cc1-c1ccc4ccccc4c1)c1c(oc4cc5c(cc14)C(C)(C)CCC5(C)C)B3c1cc3c(cc1N2c1ccc2c(c1)C(C)(C)CCC2(C)C)C(C)(C)CCC3(C)C. The van der Waals surface area contributed by atoms with Crippen LogP contribution in [0.2, 0.25) is 0 Å². The number of nitrogens with zero attached hydrogens (tertiary/aromatic N) is 2. The Bertz CT molecular complexity index is 3750. The Morgan fingerprint density at radius 1 is 0.467 bits per heavy atom. The topological polar surface area (TPSA) is 19.6 Å². The summed E-state index contributed by atoms with van der Waals surface area (Å²) in [5, 5.41) is 3.71. The van der Waals surface area contributed by atoms with Crippen molar-refractivity contribution in [1.29, 1.82) is 0 Å². The van der Waals surface area contributed by atoms with E-state index in [0.29, 0.717) is 0 Å². The van der Waals surface area contributed by atoms with Gasteiger partial charge in [-0.15, -0.1) is 0 Å². The number of furan rings is 1. The molecule has 4 heteroatoms. The number of aryl methyl sites for hydroxylation is 1. The molecule has 1 aromatic heterocycles. The van der Waals surface area contributed by atoms with E-state index in [1.54, 1.807) is 0 Å². The summed E-state index contributed by atoms with van der Waals surface area (Å²) in [5.74, 6) is 0. The summed E-state index contributed by atoms with van der Waals surface area (Å²) in [6.45, 7) is 38.8. The Labute approximate surface area is 449 Å². The molecule has 0 bridgehead atoms. The Balaban J connectivity index is 1.18. The first kappa shape index (κ1) is 48.6. The summed E-state index contributed by atoms with van der Waals surface area (Å²) < 4.78 is 7.83. The van der Waals surface area contributed by atoms with E-state index < -0.39 is 0 Å². The first-order chi connectivity index (χ1) is 35.2. The highest BCUT2D eigenvalue weighted by Crippen LogP contribution is 2.56. The summed E-state index contributed by atoms with van der Waals surface area (Å²) >= 11 is 0. The Morgan fingerprint density at radius 3 is 1.64 bits per heavy atom. The number of rotatable bonds is 3. The Morgan fingerprint density at radius 2 is 1.01 bits per heavy atom. The third kappa shape index (κ3) is 7.19. The molecule has 13 rings (SSSR count). The fourth-order valence-corrected chi connectivity index (χ4v) is 14.8. The van der Waals surface area contributed by atoms with Gasteiger partial charge < -0.3 is 14.2 Å². The number of hydrogen-bond donors (Lipinski definition) is 0. The fourth-order valence-electron chi connectivity index (χ4n) is 14.8. The van der Waals surface area contributed by atoms with Gasteiger partial charge in [-0.2, -0.15) is 0 Å². The summed E-state index contributed by atoms with van der Waals surface area (Å²) in [5.41, 5.74) is 26.1. The van der Waals surface area contributed by atoms with E-state index in [0.717, 1.165) is 36.9 Å². The van der Waals surface area contributed by atoms with Gasteiger partial charge in [0.15, 0.2) is 0 Å². The summed E-state index contributed by atoms with van der Waals surface area (Å²) in [7, 11) is 0. The molecular formula is C71H79BN2O. The standard InChI is InChI=1S/C71H79BN2O/c1-42-33-59-62-60(34-42)74(57-26-23-46(65(2,3)4)36-48(57)45-22-21-43-19-17-18-20-44(43)35-45)63-49-38-52-55(71(15,16)32-29-68(52,9)10)41-61(49)75-64(63)72(62)56-39-53-54(70(13,14)31-30-69(53,11)12)40-58(56)73(59)47-24-25-50-51(37-47)67(7,8)28-27-66(50,5)6/h17-26,33-41H,27-32H2,1-16H3. The molecule has 0 saturated carbocycles. The molecule has 0 saturated heterocycles. The van der Waals surface area contributed by atoms with Gasteiger partial charge in [0.25, 0.3) is 6.71 Å². The molecule has 3 heterocycles. The van der Waals surface area contributed by atoms with Crippen molar-refractivity contribution in [2.45, 2.75) is 187 Å². The number of anilines is 6. The van der Waals surface area contributed by atoms with E-state index in [9.17, 15) is 0 Å². The lowest BCUT2D eigenvalue weighted by Gasteiger charge is -2.47. The molecular weight excluding hydrogens is 908 g/mol. The van der Waals surface area contributed by atoms with Gasteiger partial charge >= 0.3 is 0 Å². The minimum Gasteiger partial charge on any atom is -0.468 e. The normalized spacial score (nSPS) is 20.0. The van der Waals surface area contributed by atoms with Crippen molar-refractivity contribution >= 4 is 79.2 Å². The van der Waals surface area contributed by atoms with Crippen LogP contribution < -0.4 is 26.4 Å². The average molecular weight is 987 g/mol. The lowest BCUT2D eigenvalue weighted by atomic mass is 9.35. The van der Waals surface area contributed by atoms with Crippen molar-refractivity contribution in [3.63, 3.8) is 0 Å². The molecule has 75 heavy (non-hydrogen) atoms. The molecule has 0 spiro atoms. The highest BCUT2D eigenvalue weighted by atomic mass is 16.3. The zero-order valence-corrected chi connectivity index (χ0v) is 48.1. The molecule has 0 N–H and O–H groups in total. The van der Waals surface area contributed by atoms with Crippen molar-refractivity contribution in [2.24, 2.45) is 0 Å². The maximum atomic E-state index is 7.83. The third-order valence-corrected chi connectivity index (χ3v) is 20.0. The van der Waals surface area contributed by atoms with Crippen molar-refractivity contribution < 1.29 is 4.42 Å². The van der Waals surface area contributed by atoms with Crippen LogP contribution in [0.3, 0.4) is 0 Å². The van der Waals surface area contributed by atoms with Crippen LogP contribution in [-0.4, -0.2) is 6.71 Å². The van der Waals surface area contributed by atoms with Gasteiger partial charge in [-0.05, 0) is 216 Å². The predicted octanol–water partition coefficient (Wildman–Crippen LogP) is 18.0. The quantitative estimate of drug-likeness (QED) is 0.165. The molecule has 5 aliphatic rings. The summed E-state index contributed by atoms with van der Waals surface area (Å²) in [4.78, 5) is 5.36. The van der Waals surface area contributed by atoms with Crippen LogP contribution in [0, 0.1) is 6.92 Å². The van der Waals surface area contributed by atoms with Crippen LogP contribution >= 0.6 is 0 Å². The summed E-state index contributed by atoms with van der Waals surface area (Å²) in [6.07, 6.45) is 6.96. The number of benzene rings is 7. The fraction of sp³-hybridized carbons (Fsp3) is 0.408. The molecule has 3 nitrogen and oxygen atoms in total. The zero-order valence-electron chi connectivity index (χ0n) is 48.1. The van der Waals surface area contributed by atoms with Crippen LogP contribution in [0.15, 0.2) is 120 Å². The average Bonchev–Trinajstić information content (AvgIpc) is 3.80. The lowest BCUT2D eigenvalue weighted by molar-refractivity contribution is 0.332. The molecule has 3 aliphatic carbocycles. The molecule has 0 atom stereocenters. The third-order valence-electron chi connectivity index (χ3n) is 20.0. The van der Waals surface area contributed by atoms with Crippen LogP contribution in [0.25, 0.3) is 32.9 Å². The van der Waals surface area contributed by atoms with Crippen molar-refractivity contribution in [3.8, 4) is 11.1 Å². The molecule has 0 radical (unpaired) electrons. The first-order valence-electron chi connectivity index (χ1n) is 28.5. The highest BCUT2D eigenvalue weighted by Gasteiger charge is 2.50. The minimum absolute atomic E-state index is 0.0136. The minimum atomic E-state index is -0.143. The van der Waals surface area contributed by atoms with E-state index in [2.05, 4.69) is 236 Å². The van der Waals surface area contributed by atoms with Gasteiger partial charge in [0.1, 0.15) is 5.58 Å². The van der Waals surface area contributed by atoms with Crippen molar-refractivity contribution in [3.05, 3.63) is 160 Å². The smallest absolute Gasteiger partial charge is 0.297 e. The monoisotopic (exact) mass is 987 g/mol. The molecule has 0 amide bonds. The largest absolute Gasteiger partial charge is 0.468 e. The second kappa shape index (κ2) is 15.6. The van der Waals surface area contributed by atoms with Crippen molar-refractivity contribution in [1.82, 2.24) is 0 Å². The van der Waals surface area contributed by atoms with Gasteiger partial charge in [0.2, 0.25) is 0 Å². The maximum absolute atomic E-state index is 7.83. The maximum Gasteiger partial charge on any atom is 0.297 e. The van der Waals surface area contributed by atoms with Crippen LogP contribution in [0.1, 0.15) is 187 Å². The second-order valence-corrected chi connectivity index (χ2v) is 29.1. The van der Waals surface area contributed by atoms with E-state index in [-0.39, 0.29) is 44.6 Å². The van der Waals surface area contributed by atoms with Gasteiger partial charge in [0.05, 0.1) is 17.0 Å². The Hall–Kier alpha value is -6.00. The second-order valence-electron chi connectivity index (χ2n) is 29.1. The predicted molar refractivity (Wildman–Crippen MR) is 322 cm³/mol. The molecule has 8 aromatic rings. The lowest BCUT2D eigenvalue weighted by Crippen LogP contribution is -2.61. The summed E-state index contributed by atoms with van der Waals surface area (Å²) in [6, 6.07) is 46.1. The highest BCUT2D eigenvalue weighted by molar-refractivity contribution is 7.00. The van der Waals surface area contributed by atoms with E-state index >= 15 is 0 Å². The molecule has 2 aliphatic heterocycles. The van der Waals surface area contributed by atoms with Gasteiger partial charge in [-0.1, -0.05) is 158 Å². The first-order valence-corrected chi connectivity index (χ1v) is 28.5. The van der Waals surface area contributed by atoms with Crippen LogP contribution in [0.5, 0.6) is 0 Å². The van der Waals surface area contributed by atoms with E-state index in [1.165, 1.54) is 130 Å². The van der Waals surface area contributed by atoms with Crippen LogP contribution in [-0.2, 0) is 37.9 Å². The van der Waals surface area contributed by atoms with Gasteiger partial charge in [-0.25, -0.2) is 0 Å². The van der Waals surface area contributed by atoms with Gasteiger partial charge in [-0.3, -0.25) is 0 Å². The molecule has 0 fully saturated rings.